The van der Waals surface area contributed by atoms with E-state index in [9.17, 15) is 9.59 Å². The van der Waals surface area contributed by atoms with Gasteiger partial charge in [-0.3, -0.25) is 14.5 Å². The average Bonchev–Trinajstić information content (AvgIpc) is 3.03. The Hall–Kier alpha value is -1.79. The van der Waals surface area contributed by atoms with E-state index in [0.29, 0.717) is 23.0 Å². The van der Waals surface area contributed by atoms with Crippen molar-refractivity contribution in [2.24, 2.45) is 0 Å². The normalized spacial score (nSPS) is 16.9. The summed E-state index contributed by atoms with van der Waals surface area (Å²) in [6.45, 7) is 2.49. The summed E-state index contributed by atoms with van der Waals surface area (Å²) in [7, 11) is 1.50. The number of nitrogens with one attached hydrogen (secondary N) is 1. The number of hydrogen-bond donors (Lipinski definition) is 1. The third-order valence-corrected chi connectivity index (χ3v) is 3.90. The zero-order valence-electron chi connectivity index (χ0n) is 13.3. The van der Waals surface area contributed by atoms with Crippen LogP contribution in [-0.4, -0.2) is 44.7 Å². The lowest BCUT2D eigenvalue weighted by molar-refractivity contribution is -0.123. The molecule has 2 amide bonds. The van der Waals surface area contributed by atoms with Gasteiger partial charge in [-0.15, -0.1) is 0 Å². The van der Waals surface area contributed by atoms with Crippen molar-refractivity contribution >= 4 is 29.1 Å². The molecule has 1 aromatic carbocycles. The molecule has 0 radical (unpaired) electrons. The van der Waals surface area contributed by atoms with Crippen LogP contribution in [0.15, 0.2) is 18.2 Å². The Balaban J connectivity index is 2.04. The zero-order chi connectivity index (χ0) is 16.8. The number of anilines is 1. The molecule has 0 spiro atoms. The predicted octanol–water partition coefficient (Wildman–Crippen LogP) is 2.00. The largest absolute Gasteiger partial charge is 0.495 e. The molecule has 1 atom stereocenters. The second kappa shape index (κ2) is 8.17. The molecule has 1 aromatic rings. The summed E-state index contributed by atoms with van der Waals surface area (Å²) < 4.78 is 10.7. The number of hydrogen-bond acceptors (Lipinski definition) is 4. The molecule has 1 unspecified atom stereocenters. The van der Waals surface area contributed by atoms with Crippen LogP contribution < -0.4 is 15.0 Å². The fourth-order valence-corrected chi connectivity index (χ4v) is 2.64. The number of methoxy groups -OCH3 is 1. The third-order valence-electron chi connectivity index (χ3n) is 3.66. The van der Waals surface area contributed by atoms with Crippen molar-refractivity contribution in [3.05, 3.63) is 23.2 Å². The van der Waals surface area contributed by atoms with E-state index in [2.05, 4.69) is 5.32 Å². The van der Waals surface area contributed by atoms with Crippen LogP contribution in [0.4, 0.5) is 5.69 Å². The first-order valence-corrected chi connectivity index (χ1v) is 7.89. The van der Waals surface area contributed by atoms with E-state index in [1.54, 1.807) is 18.2 Å². The smallest absolute Gasteiger partial charge is 0.240 e. The highest BCUT2D eigenvalue weighted by atomic mass is 35.5. The monoisotopic (exact) mass is 340 g/mol. The molecule has 0 saturated carbocycles. The topological polar surface area (TPSA) is 67.9 Å². The summed E-state index contributed by atoms with van der Waals surface area (Å²) >= 11 is 6.00. The van der Waals surface area contributed by atoms with E-state index in [-0.39, 0.29) is 24.5 Å². The number of carbonyl (C=O) groups is 2. The maximum absolute atomic E-state index is 12.1. The van der Waals surface area contributed by atoms with Gasteiger partial charge >= 0.3 is 0 Å². The van der Waals surface area contributed by atoms with Crippen molar-refractivity contribution in [1.29, 1.82) is 0 Å². The van der Waals surface area contributed by atoms with E-state index in [1.165, 1.54) is 18.9 Å². The second-order valence-corrected chi connectivity index (χ2v) is 5.80. The van der Waals surface area contributed by atoms with Crippen LogP contribution in [0.3, 0.4) is 0 Å². The number of ether oxygens (including phenoxy) is 2. The van der Waals surface area contributed by atoms with Gasteiger partial charge in [0.2, 0.25) is 11.8 Å². The second-order valence-electron chi connectivity index (χ2n) is 5.36. The highest BCUT2D eigenvalue weighted by Crippen LogP contribution is 2.31. The SMILES string of the molecule is COc1ccc(Cl)cc1N(CC(=O)NCC1CCCO1)C(C)=O. The summed E-state index contributed by atoms with van der Waals surface area (Å²) in [6, 6.07) is 4.94. The van der Waals surface area contributed by atoms with E-state index in [1.807, 2.05) is 0 Å². The zero-order valence-corrected chi connectivity index (χ0v) is 14.1. The van der Waals surface area contributed by atoms with Crippen molar-refractivity contribution in [3.63, 3.8) is 0 Å². The van der Waals surface area contributed by atoms with Gasteiger partial charge in [0, 0.05) is 25.1 Å². The van der Waals surface area contributed by atoms with Gasteiger partial charge in [0.05, 0.1) is 18.9 Å². The van der Waals surface area contributed by atoms with Crippen LogP contribution in [0.2, 0.25) is 5.02 Å². The maximum Gasteiger partial charge on any atom is 0.240 e. The van der Waals surface area contributed by atoms with Gasteiger partial charge in [-0.2, -0.15) is 0 Å². The van der Waals surface area contributed by atoms with E-state index >= 15 is 0 Å². The standard InChI is InChI=1S/C16H21ClN2O4/c1-11(20)19(14-8-12(17)5-6-15(14)22-2)10-16(21)18-9-13-4-3-7-23-13/h5-6,8,13H,3-4,7,9-10H2,1-2H3,(H,18,21). The Bertz CT molecular complexity index is 573. The summed E-state index contributed by atoms with van der Waals surface area (Å²) in [5.74, 6) is -0.0351. The Morgan fingerprint density at radius 1 is 1.48 bits per heavy atom. The van der Waals surface area contributed by atoms with Crippen molar-refractivity contribution in [2.75, 3.05) is 31.7 Å². The minimum Gasteiger partial charge on any atom is -0.495 e. The molecule has 6 nitrogen and oxygen atoms in total. The molecule has 1 fully saturated rings. The molecule has 0 aliphatic carbocycles. The van der Waals surface area contributed by atoms with Gasteiger partial charge in [0.15, 0.2) is 0 Å². The minimum atomic E-state index is -0.266. The van der Waals surface area contributed by atoms with Crippen LogP contribution in [0, 0.1) is 0 Å². The van der Waals surface area contributed by atoms with Crippen molar-refractivity contribution in [1.82, 2.24) is 5.32 Å². The fraction of sp³-hybridized carbons (Fsp3) is 0.500. The average molecular weight is 341 g/mol. The third kappa shape index (κ3) is 4.84. The molecule has 1 heterocycles. The summed E-state index contributed by atoms with van der Waals surface area (Å²) in [5.41, 5.74) is 0.472. The molecule has 7 heteroatoms. The van der Waals surface area contributed by atoms with Crippen LogP contribution >= 0.6 is 11.6 Å². The molecule has 1 aliphatic heterocycles. The van der Waals surface area contributed by atoms with Crippen molar-refractivity contribution < 1.29 is 19.1 Å². The van der Waals surface area contributed by atoms with Crippen LogP contribution in [0.5, 0.6) is 5.75 Å². The van der Waals surface area contributed by atoms with Gasteiger partial charge in [-0.25, -0.2) is 0 Å². The van der Waals surface area contributed by atoms with E-state index < -0.39 is 0 Å². The highest BCUT2D eigenvalue weighted by molar-refractivity contribution is 6.31. The molecule has 23 heavy (non-hydrogen) atoms. The molecule has 1 N–H and O–H groups in total. The molecule has 1 aliphatic rings. The van der Waals surface area contributed by atoms with Gasteiger partial charge in [-0.05, 0) is 31.0 Å². The molecule has 2 rings (SSSR count). The highest BCUT2D eigenvalue weighted by Gasteiger charge is 2.21. The lowest BCUT2D eigenvalue weighted by Gasteiger charge is -2.23. The molecular weight excluding hydrogens is 320 g/mol. The van der Waals surface area contributed by atoms with Crippen LogP contribution in [0.1, 0.15) is 19.8 Å². The molecule has 0 aromatic heterocycles. The number of rotatable bonds is 6. The van der Waals surface area contributed by atoms with Crippen LogP contribution in [0.25, 0.3) is 0 Å². The quantitative estimate of drug-likeness (QED) is 0.860. The molecular formula is C16H21ClN2O4. The first-order chi connectivity index (χ1) is 11.0. The molecule has 1 saturated heterocycles. The van der Waals surface area contributed by atoms with Gasteiger partial charge in [0.25, 0.3) is 0 Å². The number of nitrogens with zero attached hydrogens (tertiary/aromatic N) is 1. The number of amides is 2. The number of carbonyl (C=O) groups excluding carboxylic acids is 2. The molecule has 0 bridgehead atoms. The predicted molar refractivity (Wildman–Crippen MR) is 88.0 cm³/mol. The van der Waals surface area contributed by atoms with Gasteiger partial charge in [0.1, 0.15) is 12.3 Å². The first-order valence-electron chi connectivity index (χ1n) is 7.51. The van der Waals surface area contributed by atoms with Crippen molar-refractivity contribution in [3.8, 4) is 5.75 Å². The Morgan fingerprint density at radius 3 is 2.87 bits per heavy atom. The maximum atomic E-state index is 12.1. The molecule has 126 valence electrons. The van der Waals surface area contributed by atoms with Crippen molar-refractivity contribution in [2.45, 2.75) is 25.9 Å². The number of halogens is 1. The Morgan fingerprint density at radius 2 is 2.26 bits per heavy atom. The fourth-order valence-electron chi connectivity index (χ4n) is 2.47. The van der Waals surface area contributed by atoms with Crippen LogP contribution in [-0.2, 0) is 14.3 Å². The lowest BCUT2D eigenvalue weighted by atomic mass is 10.2. The van der Waals surface area contributed by atoms with Gasteiger partial charge < -0.3 is 14.8 Å². The summed E-state index contributed by atoms with van der Waals surface area (Å²) in [5, 5.41) is 3.26. The summed E-state index contributed by atoms with van der Waals surface area (Å²) in [6.07, 6.45) is 2.02. The van der Waals surface area contributed by atoms with E-state index in [0.717, 1.165) is 19.4 Å². The summed E-state index contributed by atoms with van der Waals surface area (Å²) in [4.78, 5) is 25.4. The Labute approximate surface area is 140 Å². The number of benzene rings is 1. The lowest BCUT2D eigenvalue weighted by Crippen LogP contribution is -2.42. The van der Waals surface area contributed by atoms with E-state index in [4.69, 9.17) is 21.1 Å². The van der Waals surface area contributed by atoms with Gasteiger partial charge in [-0.1, -0.05) is 11.6 Å². The minimum absolute atomic E-state index is 0.0606. The Kier molecular flexibility index (Phi) is 6.24. The first kappa shape index (κ1) is 17.6.